The van der Waals surface area contributed by atoms with E-state index in [1.54, 1.807) is 0 Å². The van der Waals surface area contributed by atoms with E-state index >= 15 is 0 Å². The summed E-state index contributed by atoms with van der Waals surface area (Å²) < 4.78 is 0. The fourth-order valence-electron chi connectivity index (χ4n) is 3.22. The molecule has 2 heterocycles. The number of aromatic nitrogens is 1. The average molecular weight is 290 g/mol. The highest BCUT2D eigenvalue weighted by Crippen LogP contribution is 2.25. The first-order valence-electron chi connectivity index (χ1n) is 8.16. The van der Waals surface area contributed by atoms with Crippen molar-refractivity contribution in [2.24, 2.45) is 0 Å². The van der Waals surface area contributed by atoms with Crippen molar-refractivity contribution in [2.45, 2.75) is 38.8 Å². The highest BCUT2D eigenvalue weighted by molar-refractivity contribution is 5.27. The lowest BCUT2D eigenvalue weighted by Gasteiger charge is -2.36. The third-order valence-corrected chi connectivity index (χ3v) is 4.53. The Labute approximate surface area is 129 Å². The third kappa shape index (κ3) is 4.25. The van der Waals surface area contributed by atoms with E-state index in [9.17, 15) is 0 Å². The first-order chi connectivity index (χ1) is 10.1. The van der Waals surface area contributed by atoms with E-state index in [1.165, 1.54) is 30.6 Å². The van der Waals surface area contributed by atoms with Crippen LogP contribution in [0.4, 0.5) is 0 Å². The maximum atomic E-state index is 4.36. The van der Waals surface area contributed by atoms with Crippen LogP contribution in [0, 0.1) is 6.92 Å². The quantitative estimate of drug-likeness (QED) is 0.899. The summed E-state index contributed by atoms with van der Waals surface area (Å²) in [4.78, 5) is 9.34. The van der Waals surface area contributed by atoms with Crippen LogP contribution in [0.5, 0.6) is 0 Å². The van der Waals surface area contributed by atoms with Crippen molar-refractivity contribution in [2.75, 3.05) is 40.3 Å². The Bertz CT molecular complexity index is 435. The van der Waals surface area contributed by atoms with Crippen LogP contribution in [-0.4, -0.2) is 61.1 Å². The lowest BCUT2D eigenvalue weighted by Crippen LogP contribution is -2.47. The van der Waals surface area contributed by atoms with Crippen LogP contribution in [0.3, 0.4) is 0 Å². The zero-order valence-electron chi connectivity index (χ0n) is 14.0. The summed E-state index contributed by atoms with van der Waals surface area (Å²) in [5.41, 5.74) is 2.68. The maximum Gasteiger partial charge on any atom is 0.0508 e. The van der Waals surface area contributed by atoms with Crippen molar-refractivity contribution in [1.29, 1.82) is 0 Å². The molecule has 1 N–H and O–H groups in total. The van der Waals surface area contributed by atoms with E-state index in [0.717, 1.165) is 19.5 Å². The van der Waals surface area contributed by atoms with Gasteiger partial charge in [-0.2, -0.15) is 0 Å². The van der Waals surface area contributed by atoms with Gasteiger partial charge in [-0.3, -0.25) is 4.98 Å². The van der Waals surface area contributed by atoms with Crippen LogP contribution in [0.1, 0.15) is 36.9 Å². The van der Waals surface area contributed by atoms with Gasteiger partial charge in [0, 0.05) is 25.0 Å². The van der Waals surface area contributed by atoms with E-state index in [2.05, 4.69) is 54.1 Å². The number of hydrogen-bond donors (Lipinski definition) is 1. The number of nitrogens with zero attached hydrogens (tertiary/aromatic N) is 3. The average Bonchev–Trinajstić information content (AvgIpc) is 2.63. The van der Waals surface area contributed by atoms with Gasteiger partial charge >= 0.3 is 0 Å². The molecule has 0 aromatic carbocycles. The first kappa shape index (κ1) is 16.4. The van der Waals surface area contributed by atoms with Crippen LogP contribution in [0.15, 0.2) is 18.5 Å². The van der Waals surface area contributed by atoms with Crippen LogP contribution in [-0.2, 0) is 0 Å². The van der Waals surface area contributed by atoms with Crippen molar-refractivity contribution in [3.8, 4) is 0 Å². The summed E-state index contributed by atoms with van der Waals surface area (Å²) in [5, 5.41) is 3.77. The molecule has 1 aromatic rings. The highest BCUT2D eigenvalue weighted by Gasteiger charge is 2.30. The molecule has 0 spiro atoms. The van der Waals surface area contributed by atoms with Crippen molar-refractivity contribution in [1.82, 2.24) is 20.1 Å². The van der Waals surface area contributed by atoms with Crippen LogP contribution >= 0.6 is 0 Å². The van der Waals surface area contributed by atoms with Gasteiger partial charge in [-0.1, -0.05) is 6.92 Å². The molecule has 2 unspecified atom stereocenters. The Morgan fingerprint density at radius 2 is 2.19 bits per heavy atom. The molecule has 0 radical (unpaired) electrons. The monoisotopic (exact) mass is 290 g/mol. The Hall–Kier alpha value is -0.970. The van der Waals surface area contributed by atoms with Gasteiger partial charge < -0.3 is 15.1 Å². The zero-order valence-corrected chi connectivity index (χ0v) is 14.0. The van der Waals surface area contributed by atoms with Gasteiger partial charge in [0.05, 0.1) is 6.04 Å². The number of rotatable bonds is 5. The van der Waals surface area contributed by atoms with E-state index in [1.807, 2.05) is 12.4 Å². The minimum atomic E-state index is 0.351. The molecule has 1 saturated heterocycles. The standard InChI is InChI=1S/C17H30N4/c1-5-8-19-17(15-12-18-9-7-14(15)2)16-13-20(3)10-6-11-21(16)4/h7,9,12,16-17,19H,5-6,8,10-11,13H2,1-4H3. The number of hydrogen-bond acceptors (Lipinski definition) is 4. The lowest BCUT2D eigenvalue weighted by atomic mass is 9.95. The first-order valence-corrected chi connectivity index (χ1v) is 8.16. The summed E-state index contributed by atoms with van der Waals surface area (Å²) in [7, 11) is 4.50. The van der Waals surface area contributed by atoms with E-state index in [4.69, 9.17) is 0 Å². The molecule has 2 rings (SSSR count). The van der Waals surface area contributed by atoms with Crippen molar-refractivity contribution < 1.29 is 0 Å². The Kier molecular flexibility index (Phi) is 6.15. The molecule has 4 heteroatoms. The summed E-state index contributed by atoms with van der Waals surface area (Å²) >= 11 is 0. The minimum Gasteiger partial charge on any atom is -0.309 e. The largest absolute Gasteiger partial charge is 0.309 e. The molecule has 2 atom stereocenters. The number of nitrogens with one attached hydrogen (secondary N) is 1. The van der Waals surface area contributed by atoms with Gasteiger partial charge in [0.15, 0.2) is 0 Å². The molecule has 0 amide bonds. The number of likely N-dealkylation sites (N-methyl/N-ethyl adjacent to an activating group) is 2. The predicted octanol–water partition coefficient (Wildman–Crippen LogP) is 2.07. The Morgan fingerprint density at radius 3 is 2.90 bits per heavy atom. The van der Waals surface area contributed by atoms with Crippen LogP contribution in [0.2, 0.25) is 0 Å². The topological polar surface area (TPSA) is 31.4 Å². The SMILES string of the molecule is CCCNC(c1cnccc1C)C1CN(C)CCCN1C. The molecular formula is C17H30N4. The highest BCUT2D eigenvalue weighted by atomic mass is 15.2. The van der Waals surface area contributed by atoms with Crippen molar-refractivity contribution >= 4 is 0 Å². The summed E-state index contributed by atoms with van der Waals surface area (Å²) in [6, 6.07) is 2.97. The molecule has 1 aliphatic rings. The Balaban J connectivity index is 2.27. The Morgan fingerprint density at radius 1 is 1.38 bits per heavy atom. The smallest absolute Gasteiger partial charge is 0.0508 e. The second kappa shape index (κ2) is 7.87. The van der Waals surface area contributed by atoms with Gasteiger partial charge in [0.25, 0.3) is 0 Å². The van der Waals surface area contributed by atoms with Crippen LogP contribution in [0.25, 0.3) is 0 Å². The molecule has 4 nitrogen and oxygen atoms in total. The molecule has 0 aliphatic carbocycles. The van der Waals surface area contributed by atoms with Gasteiger partial charge in [-0.05, 0) is 70.7 Å². The fourth-order valence-corrected chi connectivity index (χ4v) is 3.22. The second-order valence-corrected chi connectivity index (χ2v) is 6.33. The summed E-state index contributed by atoms with van der Waals surface area (Å²) in [5.74, 6) is 0. The van der Waals surface area contributed by atoms with Crippen molar-refractivity contribution in [3.63, 3.8) is 0 Å². The number of pyridine rings is 1. The lowest BCUT2D eigenvalue weighted by molar-refractivity contribution is 0.178. The second-order valence-electron chi connectivity index (χ2n) is 6.33. The van der Waals surface area contributed by atoms with Crippen LogP contribution < -0.4 is 5.32 Å². The third-order valence-electron chi connectivity index (χ3n) is 4.53. The summed E-state index contributed by atoms with van der Waals surface area (Å²) in [6.07, 6.45) is 6.33. The minimum absolute atomic E-state index is 0.351. The molecule has 0 bridgehead atoms. The van der Waals surface area contributed by atoms with E-state index in [-0.39, 0.29) is 0 Å². The molecule has 1 fully saturated rings. The molecule has 118 valence electrons. The van der Waals surface area contributed by atoms with Gasteiger partial charge in [0.1, 0.15) is 0 Å². The maximum absolute atomic E-state index is 4.36. The number of aryl methyl sites for hydroxylation is 1. The van der Waals surface area contributed by atoms with Gasteiger partial charge in [-0.25, -0.2) is 0 Å². The van der Waals surface area contributed by atoms with Gasteiger partial charge in [-0.15, -0.1) is 0 Å². The van der Waals surface area contributed by atoms with E-state index in [0.29, 0.717) is 12.1 Å². The normalized spacial score (nSPS) is 23.0. The zero-order chi connectivity index (χ0) is 15.2. The fraction of sp³-hybridized carbons (Fsp3) is 0.706. The predicted molar refractivity (Wildman–Crippen MR) is 88.5 cm³/mol. The molecular weight excluding hydrogens is 260 g/mol. The van der Waals surface area contributed by atoms with Gasteiger partial charge in [0.2, 0.25) is 0 Å². The molecule has 21 heavy (non-hydrogen) atoms. The molecule has 1 aromatic heterocycles. The molecule has 1 aliphatic heterocycles. The van der Waals surface area contributed by atoms with Crippen molar-refractivity contribution in [3.05, 3.63) is 29.6 Å². The summed E-state index contributed by atoms with van der Waals surface area (Å²) in [6.45, 7) is 8.92. The van der Waals surface area contributed by atoms with E-state index < -0.39 is 0 Å². The molecule has 0 saturated carbocycles.